The third-order valence-corrected chi connectivity index (χ3v) is 16.1. The zero-order chi connectivity index (χ0) is 23.4. The van der Waals surface area contributed by atoms with Gasteiger partial charge in [0.15, 0.2) is 0 Å². The summed E-state index contributed by atoms with van der Waals surface area (Å²) in [6, 6.07) is 20.1. The summed E-state index contributed by atoms with van der Waals surface area (Å²) in [6.07, 6.45) is 0. The van der Waals surface area contributed by atoms with Crippen LogP contribution >= 0.6 is 159 Å². The smallest absolute Gasteiger partial charge is 0.213 e. The Balaban J connectivity index is 2.30. The Kier molecular flexibility index (Phi) is 12.8. The van der Waals surface area contributed by atoms with E-state index in [0.29, 0.717) is 8.96 Å². The number of hydrogen-bond donors (Lipinski definition) is 0. The molecule has 11 heteroatoms. The molecule has 0 radical (unpaired) electrons. The average Bonchev–Trinajstić information content (AvgIpc) is 2.76. The fourth-order valence-electron chi connectivity index (χ4n) is 2.29. The van der Waals surface area contributed by atoms with Crippen LogP contribution in [0.2, 0.25) is 0 Å². The van der Waals surface area contributed by atoms with Gasteiger partial charge in [0.05, 0.1) is 18.6 Å². The van der Waals surface area contributed by atoms with E-state index >= 15 is 0 Å². The summed E-state index contributed by atoms with van der Waals surface area (Å²) in [5.74, 6) is 0. The molecule has 168 valence electrons. The predicted octanol–water partition coefficient (Wildman–Crippen LogP) is 12.2. The van der Waals surface area contributed by atoms with E-state index in [2.05, 4.69) is 159 Å². The number of alkyl halides is 6. The normalized spacial score (nSPS) is 16.3. The molecule has 0 aliphatic carbocycles. The van der Waals surface area contributed by atoms with Gasteiger partial charge in [0.1, 0.15) is 0 Å². The van der Waals surface area contributed by atoms with Crippen molar-refractivity contribution < 1.29 is 4.74 Å². The maximum absolute atomic E-state index is 6.32. The van der Waals surface area contributed by atoms with Gasteiger partial charge in [-0.2, -0.15) is 0 Å². The summed E-state index contributed by atoms with van der Waals surface area (Å²) in [7, 11) is 0. The molecule has 0 saturated carbocycles. The number of halogens is 10. The fraction of sp³-hybridized carbons (Fsp3) is 0.200. The highest BCUT2D eigenvalue weighted by Crippen LogP contribution is 2.55. The van der Waals surface area contributed by atoms with E-state index in [4.69, 9.17) is 4.74 Å². The first kappa shape index (κ1) is 29.9. The second-order valence-corrected chi connectivity index (χ2v) is 17.7. The number of allylic oxidation sites excluding steroid dienone is 2. The van der Waals surface area contributed by atoms with Crippen LogP contribution in [0.15, 0.2) is 78.6 Å². The fourth-order valence-corrected chi connectivity index (χ4v) is 9.44. The molecule has 0 aliphatic rings. The Labute approximate surface area is 266 Å². The molecule has 0 aromatic heterocycles. The summed E-state index contributed by atoms with van der Waals surface area (Å²) in [5, 5.41) is 0. The molecule has 0 spiro atoms. The van der Waals surface area contributed by atoms with Gasteiger partial charge < -0.3 is 4.74 Å². The van der Waals surface area contributed by atoms with Gasteiger partial charge in [-0.15, -0.1) is 0 Å². The van der Waals surface area contributed by atoms with Crippen LogP contribution in [-0.2, 0) is 4.74 Å². The monoisotopic (exact) mass is 1060 g/mol. The molecule has 2 unspecified atom stereocenters. The van der Waals surface area contributed by atoms with Crippen molar-refractivity contribution in [3.63, 3.8) is 0 Å². The summed E-state index contributed by atoms with van der Waals surface area (Å²) >= 11 is 36.7. The second kappa shape index (κ2) is 13.3. The Hall–Kier alpha value is 2.68. The molecular weight excluding hydrogens is 1060 g/mol. The van der Waals surface area contributed by atoms with E-state index in [1.54, 1.807) is 0 Å². The molecule has 0 saturated heterocycles. The largest absolute Gasteiger partial charge is 0.316 e. The predicted molar refractivity (Wildman–Crippen MR) is 168 cm³/mol. The summed E-state index contributed by atoms with van der Waals surface area (Å²) in [5.41, 5.74) is 2.19. The van der Waals surface area contributed by atoms with E-state index < -0.39 is 6.84 Å². The lowest BCUT2D eigenvalue weighted by Gasteiger charge is -2.32. The first-order valence-electron chi connectivity index (χ1n) is 8.33. The number of rotatable bonds is 8. The van der Waals surface area contributed by atoms with Crippen LogP contribution in [-0.4, -0.2) is 6.84 Å². The lowest BCUT2D eigenvalue weighted by Crippen LogP contribution is -2.29. The standard InChI is InChI=1S/C20H12Br10O/c21-13(11-7-3-1-4-8-11)15(23)17(25)19(27,28)31-20(29,30)18(26)16(24)14(22)12-9-5-2-6-10-12/h1-10,13-14H. The van der Waals surface area contributed by atoms with Crippen LogP contribution < -0.4 is 0 Å². The molecule has 0 aliphatic heterocycles. The zero-order valence-electron chi connectivity index (χ0n) is 15.1. The number of hydrogen-bond acceptors (Lipinski definition) is 1. The molecule has 0 bridgehead atoms. The lowest BCUT2D eigenvalue weighted by atomic mass is 10.1. The Bertz CT molecular complexity index is 863. The van der Waals surface area contributed by atoms with Crippen molar-refractivity contribution in [1.29, 1.82) is 0 Å². The molecule has 2 rings (SSSR count). The van der Waals surface area contributed by atoms with Crippen molar-refractivity contribution in [2.24, 2.45) is 0 Å². The molecule has 2 aromatic rings. The minimum absolute atomic E-state index is 0.0723. The van der Waals surface area contributed by atoms with Gasteiger partial charge in [-0.3, -0.25) is 0 Å². The third kappa shape index (κ3) is 8.35. The molecule has 2 aromatic carbocycles. The molecule has 1 nitrogen and oxygen atoms in total. The molecule has 31 heavy (non-hydrogen) atoms. The molecule has 0 heterocycles. The van der Waals surface area contributed by atoms with Gasteiger partial charge in [-0.05, 0) is 107 Å². The van der Waals surface area contributed by atoms with Crippen LogP contribution in [0.1, 0.15) is 20.8 Å². The zero-order valence-corrected chi connectivity index (χ0v) is 31.0. The van der Waals surface area contributed by atoms with Crippen molar-refractivity contribution in [1.82, 2.24) is 0 Å². The van der Waals surface area contributed by atoms with Gasteiger partial charge in [0.2, 0.25) is 6.84 Å². The minimum Gasteiger partial charge on any atom is -0.316 e. The molecule has 2 atom stereocenters. The first-order valence-corrected chi connectivity index (χ1v) is 16.5. The summed E-state index contributed by atoms with van der Waals surface area (Å²) < 4.78 is 7.32. The molecular formula is C20H12Br10O. The molecule has 0 fully saturated rings. The van der Waals surface area contributed by atoms with Crippen LogP contribution in [0.4, 0.5) is 0 Å². The van der Waals surface area contributed by atoms with Crippen molar-refractivity contribution in [3.8, 4) is 0 Å². The molecule has 0 N–H and O–H groups in total. The maximum Gasteiger partial charge on any atom is 0.213 e. The van der Waals surface area contributed by atoms with Gasteiger partial charge in [0.25, 0.3) is 0 Å². The lowest BCUT2D eigenvalue weighted by molar-refractivity contribution is 0.117. The van der Waals surface area contributed by atoms with Crippen molar-refractivity contribution in [2.75, 3.05) is 0 Å². The highest BCUT2D eigenvalue weighted by molar-refractivity contribution is 9.27. The average molecular weight is 1070 g/mol. The highest BCUT2D eigenvalue weighted by atomic mass is 79.9. The van der Waals surface area contributed by atoms with Gasteiger partial charge in [0, 0.05) is 8.96 Å². The summed E-state index contributed by atoms with van der Waals surface area (Å²) in [6.45, 7) is 0. The Morgan fingerprint density at radius 1 is 0.581 bits per heavy atom. The van der Waals surface area contributed by atoms with Crippen molar-refractivity contribution in [2.45, 2.75) is 16.5 Å². The van der Waals surface area contributed by atoms with Crippen LogP contribution in [0, 0.1) is 0 Å². The first-order chi connectivity index (χ1) is 14.4. The topological polar surface area (TPSA) is 9.23 Å². The Morgan fingerprint density at radius 3 is 1.16 bits per heavy atom. The van der Waals surface area contributed by atoms with E-state index in [1.807, 2.05) is 60.7 Å². The van der Waals surface area contributed by atoms with E-state index in [-0.39, 0.29) is 9.65 Å². The van der Waals surface area contributed by atoms with E-state index in [9.17, 15) is 0 Å². The minimum atomic E-state index is -1.06. The second-order valence-electron chi connectivity index (χ2n) is 6.01. The quantitative estimate of drug-likeness (QED) is 0.239. The SMILES string of the molecule is BrC(=C(Br)C(Br)(Br)OC(Br)(Br)C(Br)=C(Br)C(Br)c1ccccc1)C(Br)c1ccccc1. The third-order valence-electron chi connectivity index (χ3n) is 3.82. The maximum atomic E-state index is 6.32. The van der Waals surface area contributed by atoms with E-state index in [1.165, 1.54) is 0 Å². The van der Waals surface area contributed by atoms with Gasteiger partial charge >= 0.3 is 0 Å². The number of ether oxygens (including phenoxy) is 1. The van der Waals surface area contributed by atoms with Crippen LogP contribution in [0.5, 0.6) is 0 Å². The number of benzene rings is 2. The Morgan fingerprint density at radius 2 is 0.871 bits per heavy atom. The van der Waals surface area contributed by atoms with Gasteiger partial charge in [-0.1, -0.05) is 124 Å². The summed E-state index contributed by atoms with van der Waals surface area (Å²) in [4.78, 5) is -0.145. The molecule has 0 amide bonds. The van der Waals surface area contributed by atoms with Gasteiger partial charge in [-0.25, -0.2) is 0 Å². The van der Waals surface area contributed by atoms with E-state index in [0.717, 1.165) is 20.1 Å². The van der Waals surface area contributed by atoms with Crippen molar-refractivity contribution in [3.05, 3.63) is 89.7 Å². The van der Waals surface area contributed by atoms with Crippen LogP contribution in [0.25, 0.3) is 0 Å². The van der Waals surface area contributed by atoms with Crippen molar-refractivity contribution >= 4 is 159 Å². The highest BCUT2D eigenvalue weighted by Gasteiger charge is 2.42. The van der Waals surface area contributed by atoms with Crippen LogP contribution in [0.3, 0.4) is 0 Å².